The third-order valence-corrected chi connectivity index (χ3v) is 2.37. The van der Waals surface area contributed by atoms with Crippen LogP contribution in [0.15, 0.2) is 33.9 Å². The van der Waals surface area contributed by atoms with Crippen molar-refractivity contribution < 1.29 is 5.11 Å². The fraction of sp³-hybridized carbons (Fsp3) is 0.167. The quantitative estimate of drug-likeness (QED) is 0.762. The molecule has 0 saturated heterocycles. The first-order chi connectivity index (χ1) is 7.97. The molecule has 5 heteroatoms. The molecule has 88 valence electrons. The lowest BCUT2D eigenvalue weighted by atomic mass is 10.1. The Morgan fingerprint density at radius 3 is 2.18 bits per heavy atom. The number of aromatic amines is 1. The lowest BCUT2D eigenvalue weighted by Crippen LogP contribution is -2.30. The van der Waals surface area contributed by atoms with Gasteiger partial charge in [0.2, 0.25) is 0 Å². The minimum atomic E-state index is -0.715. The van der Waals surface area contributed by atoms with E-state index >= 15 is 0 Å². The standard InChI is InChI=1S/C12H12N2O3/c1-7-3-8(2)5-9(4-7)14-11(16)6-10(15)13-12(14)17/h3-6,16H,1-2H3,(H,13,15,17)/p-1. The predicted octanol–water partition coefficient (Wildman–Crippen LogP) is 0.216. The number of nitrogens with one attached hydrogen (secondary N) is 1. The van der Waals surface area contributed by atoms with Gasteiger partial charge in [-0.05, 0) is 43.0 Å². The first-order valence-corrected chi connectivity index (χ1v) is 5.09. The molecular formula is C12H11N2O3-. The number of hydrogen-bond donors (Lipinski definition) is 1. The number of rotatable bonds is 1. The van der Waals surface area contributed by atoms with Gasteiger partial charge in [-0.3, -0.25) is 14.3 Å². The summed E-state index contributed by atoms with van der Waals surface area (Å²) in [5, 5.41) is 11.6. The highest BCUT2D eigenvalue weighted by Gasteiger charge is 2.03. The van der Waals surface area contributed by atoms with Crippen LogP contribution in [0.4, 0.5) is 0 Å². The maximum Gasteiger partial charge on any atom is 0.332 e. The molecule has 0 unspecified atom stereocenters. The van der Waals surface area contributed by atoms with E-state index in [0.29, 0.717) is 5.69 Å². The molecule has 0 aliphatic heterocycles. The second-order valence-electron chi connectivity index (χ2n) is 3.96. The van der Waals surface area contributed by atoms with Gasteiger partial charge in [0.05, 0.1) is 0 Å². The summed E-state index contributed by atoms with van der Waals surface area (Å²) >= 11 is 0. The van der Waals surface area contributed by atoms with Crippen LogP contribution in [-0.4, -0.2) is 9.55 Å². The van der Waals surface area contributed by atoms with E-state index in [1.807, 2.05) is 19.9 Å². The lowest BCUT2D eigenvalue weighted by Gasteiger charge is -2.15. The summed E-state index contributed by atoms with van der Waals surface area (Å²) in [6.45, 7) is 3.75. The molecule has 2 aromatic rings. The van der Waals surface area contributed by atoms with Crippen molar-refractivity contribution in [3.8, 4) is 11.6 Å². The molecule has 2 rings (SSSR count). The highest BCUT2D eigenvalue weighted by atomic mass is 16.3. The van der Waals surface area contributed by atoms with Crippen LogP contribution in [0, 0.1) is 13.8 Å². The van der Waals surface area contributed by atoms with E-state index in [1.165, 1.54) is 0 Å². The van der Waals surface area contributed by atoms with Crippen molar-refractivity contribution in [2.75, 3.05) is 0 Å². The van der Waals surface area contributed by atoms with E-state index in [-0.39, 0.29) is 0 Å². The van der Waals surface area contributed by atoms with Gasteiger partial charge in [0.15, 0.2) is 0 Å². The summed E-state index contributed by atoms with van der Waals surface area (Å²) in [4.78, 5) is 24.6. The third-order valence-electron chi connectivity index (χ3n) is 2.37. The van der Waals surface area contributed by atoms with Crippen molar-refractivity contribution in [1.29, 1.82) is 0 Å². The van der Waals surface area contributed by atoms with Gasteiger partial charge in [-0.25, -0.2) is 4.79 Å². The zero-order chi connectivity index (χ0) is 12.6. The van der Waals surface area contributed by atoms with Crippen molar-refractivity contribution in [3.05, 3.63) is 56.2 Å². The highest BCUT2D eigenvalue weighted by molar-refractivity contribution is 5.41. The fourth-order valence-corrected chi connectivity index (χ4v) is 1.80. The SMILES string of the molecule is Cc1cc(C)cc(-n2c([O-])cc(=O)[nH]c2=O)c1. The van der Waals surface area contributed by atoms with E-state index in [2.05, 4.69) is 4.98 Å². The minimum Gasteiger partial charge on any atom is -0.859 e. The second-order valence-corrected chi connectivity index (χ2v) is 3.96. The lowest BCUT2D eigenvalue weighted by molar-refractivity contribution is -0.278. The first kappa shape index (κ1) is 11.2. The van der Waals surface area contributed by atoms with E-state index in [0.717, 1.165) is 21.8 Å². The van der Waals surface area contributed by atoms with Crippen LogP contribution < -0.4 is 16.4 Å². The highest BCUT2D eigenvalue weighted by Crippen LogP contribution is 2.14. The van der Waals surface area contributed by atoms with Crippen LogP contribution in [0.2, 0.25) is 0 Å². The fourth-order valence-electron chi connectivity index (χ4n) is 1.80. The second kappa shape index (κ2) is 3.93. The summed E-state index contributed by atoms with van der Waals surface area (Å²) in [5.74, 6) is -0.622. The normalized spacial score (nSPS) is 10.5. The summed E-state index contributed by atoms with van der Waals surface area (Å²) < 4.78 is 0.946. The molecule has 0 aliphatic carbocycles. The Bertz CT molecular complexity index is 663. The van der Waals surface area contributed by atoms with Crippen molar-refractivity contribution in [3.63, 3.8) is 0 Å². The molecule has 0 bridgehead atoms. The molecule has 0 spiro atoms. The molecule has 17 heavy (non-hydrogen) atoms. The maximum atomic E-state index is 11.6. The van der Waals surface area contributed by atoms with Gasteiger partial charge in [0.1, 0.15) is 0 Å². The van der Waals surface area contributed by atoms with Crippen LogP contribution >= 0.6 is 0 Å². The number of aryl methyl sites for hydroxylation is 2. The number of benzene rings is 1. The Labute approximate surface area is 97.0 Å². The summed E-state index contributed by atoms with van der Waals surface area (Å²) in [5.41, 5.74) is 0.955. The molecule has 0 amide bonds. The average molecular weight is 231 g/mol. The number of H-pyrrole nitrogens is 1. The van der Waals surface area contributed by atoms with Gasteiger partial charge >= 0.3 is 5.69 Å². The topological polar surface area (TPSA) is 77.9 Å². The largest absolute Gasteiger partial charge is 0.859 e. The minimum absolute atomic E-state index is 0.466. The van der Waals surface area contributed by atoms with E-state index in [9.17, 15) is 14.7 Å². The van der Waals surface area contributed by atoms with Crippen molar-refractivity contribution in [2.24, 2.45) is 0 Å². The van der Waals surface area contributed by atoms with Crippen LogP contribution in [0.1, 0.15) is 11.1 Å². The third kappa shape index (κ3) is 2.13. The van der Waals surface area contributed by atoms with Gasteiger partial charge < -0.3 is 5.11 Å². The smallest absolute Gasteiger partial charge is 0.332 e. The van der Waals surface area contributed by atoms with E-state index in [1.54, 1.807) is 12.1 Å². The van der Waals surface area contributed by atoms with Gasteiger partial charge in [-0.1, -0.05) is 6.07 Å². The Hall–Kier alpha value is -2.30. The molecule has 1 aromatic heterocycles. The Kier molecular flexibility index (Phi) is 2.59. The van der Waals surface area contributed by atoms with Crippen LogP contribution in [0.5, 0.6) is 5.88 Å². The zero-order valence-electron chi connectivity index (χ0n) is 9.48. The number of hydrogen-bond acceptors (Lipinski definition) is 3. The Morgan fingerprint density at radius 1 is 1.06 bits per heavy atom. The van der Waals surface area contributed by atoms with Crippen LogP contribution in [0.25, 0.3) is 5.69 Å². The van der Waals surface area contributed by atoms with Gasteiger partial charge in [-0.2, -0.15) is 0 Å². The zero-order valence-corrected chi connectivity index (χ0v) is 9.48. The molecule has 5 nitrogen and oxygen atoms in total. The maximum absolute atomic E-state index is 11.6. The van der Waals surface area contributed by atoms with Gasteiger partial charge in [-0.15, -0.1) is 0 Å². The average Bonchev–Trinajstić information content (AvgIpc) is 2.13. The first-order valence-electron chi connectivity index (χ1n) is 5.09. The molecule has 1 aromatic carbocycles. The molecule has 0 atom stereocenters. The predicted molar refractivity (Wildman–Crippen MR) is 61.6 cm³/mol. The molecule has 0 radical (unpaired) electrons. The Balaban J connectivity index is 2.77. The van der Waals surface area contributed by atoms with E-state index in [4.69, 9.17) is 0 Å². The van der Waals surface area contributed by atoms with Crippen molar-refractivity contribution >= 4 is 0 Å². The van der Waals surface area contributed by atoms with Crippen molar-refractivity contribution in [1.82, 2.24) is 9.55 Å². The van der Waals surface area contributed by atoms with Gasteiger partial charge in [0.25, 0.3) is 5.56 Å². The summed E-state index contributed by atoms with van der Waals surface area (Å²) in [6, 6.07) is 6.23. The Morgan fingerprint density at radius 2 is 1.65 bits per heavy atom. The van der Waals surface area contributed by atoms with Crippen molar-refractivity contribution in [2.45, 2.75) is 13.8 Å². The van der Waals surface area contributed by atoms with Crippen LogP contribution in [-0.2, 0) is 0 Å². The molecule has 0 aliphatic rings. The molecule has 0 fully saturated rings. The molecular weight excluding hydrogens is 220 g/mol. The van der Waals surface area contributed by atoms with Gasteiger partial charge in [0, 0.05) is 11.8 Å². The summed E-state index contributed by atoms with van der Waals surface area (Å²) in [7, 11) is 0. The monoisotopic (exact) mass is 231 g/mol. The molecule has 1 heterocycles. The molecule has 1 N–H and O–H groups in total. The number of nitrogens with zero attached hydrogens (tertiary/aromatic N) is 1. The summed E-state index contributed by atoms with van der Waals surface area (Å²) in [6.07, 6.45) is 0. The number of aromatic nitrogens is 2. The van der Waals surface area contributed by atoms with E-state index < -0.39 is 17.1 Å². The molecule has 0 saturated carbocycles. The van der Waals surface area contributed by atoms with Crippen LogP contribution in [0.3, 0.4) is 0 Å².